The molecule has 0 aromatic carbocycles. The molecule has 3 heteroatoms. The van der Waals surface area contributed by atoms with Crippen LogP contribution in [0, 0.1) is 0 Å². The molecule has 0 aromatic heterocycles. The average molecular weight is 282 g/mol. The Labute approximate surface area is 123 Å². The van der Waals surface area contributed by atoms with Crippen LogP contribution in [-0.4, -0.2) is 47.1 Å². The molecule has 110 valence electrons. The zero-order chi connectivity index (χ0) is 13.3. The van der Waals surface area contributed by atoms with Crippen molar-refractivity contribution < 1.29 is 0 Å². The Morgan fingerprint density at radius 3 is 2.32 bits per heavy atom. The minimum atomic E-state index is 0.603. The standard InChI is InChI=1S/C16H30N2S/c1-3-17-13-10-14-6-7-15(11-13)18(14)12-16(19-2)8-4-5-9-16/h13-15,17H,3-12H2,1-2H3. The van der Waals surface area contributed by atoms with Gasteiger partial charge >= 0.3 is 0 Å². The molecule has 2 saturated heterocycles. The number of fused-ring (bicyclic) bond motifs is 2. The number of nitrogens with zero attached hydrogens (tertiary/aromatic N) is 1. The van der Waals surface area contributed by atoms with Crippen molar-refractivity contribution in [3.8, 4) is 0 Å². The Balaban J connectivity index is 1.63. The second-order valence-electron chi connectivity index (χ2n) is 6.88. The van der Waals surface area contributed by atoms with E-state index in [1.54, 1.807) is 0 Å². The molecule has 19 heavy (non-hydrogen) atoms. The molecule has 1 aliphatic carbocycles. The molecule has 2 heterocycles. The minimum absolute atomic E-state index is 0.603. The molecule has 0 amide bonds. The number of nitrogens with one attached hydrogen (secondary N) is 1. The van der Waals surface area contributed by atoms with Gasteiger partial charge in [-0.15, -0.1) is 0 Å². The Morgan fingerprint density at radius 2 is 1.79 bits per heavy atom. The van der Waals surface area contributed by atoms with Crippen LogP contribution in [-0.2, 0) is 0 Å². The van der Waals surface area contributed by atoms with Crippen LogP contribution in [0.15, 0.2) is 0 Å². The smallest absolute Gasteiger partial charge is 0.0284 e. The average Bonchev–Trinajstić information content (AvgIpc) is 2.96. The Bertz CT molecular complexity index is 287. The summed E-state index contributed by atoms with van der Waals surface area (Å²) in [4.78, 5) is 2.91. The highest BCUT2D eigenvalue weighted by Crippen LogP contribution is 2.44. The van der Waals surface area contributed by atoms with Crippen LogP contribution < -0.4 is 5.32 Å². The highest BCUT2D eigenvalue weighted by molar-refractivity contribution is 8.00. The highest BCUT2D eigenvalue weighted by Gasteiger charge is 2.44. The van der Waals surface area contributed by atoms with Gasteiger partial charge in [-0.1, -0.05) is 19.8 Å². The predicted octanol–water partition coefficient (Wildman–Crippen LogP) is 3.27. The van der Waals surface area contributed by atoms with Crippen molar-refractivity contribution in [2.45, 2.75) is 81.2 Å². The molecule has 2 unspecified atom stereocenters. The molecule has 0 aromatic rings. The highest BCUT2D eigenvalue weighted by atomic mass is 32.2. The fourth-order valence-electron chi connectivity index (χ4n) is 4.77. The lowest BCUT2D eigenvalue weighted by Gasteiger charge is -2.43. The zero-order valence-corrected chi connectivity index (χ0v) is 13.5. The summed E-state index contributed by atoms with van der Waals surface area (Å²) >= 11 is 2.16. The van der Waals surface area contributed by atoms with E-state index in [9.17, 15) is 0 Å². The van der Waals surface area contributed by atoms with E-state index >= 15 is 0 Å². The molecule has 1 saturated carbocycles. The number of thioether (sulfide) groups is 1. The lowest BCUT2D eigenvalue weighted by molar-refractivity contribution is 0.105. The SMILES string of the molecule is CCNC1CC2CCC(C1)N2CC1(SC)CCCC1. The third-order valence-electron chi connectivity index (χ3n) is 5.80. The van der Waals surface area contributed by atoms with E-state index in [0.717, 1.165) is 24.7 Å². The van der Waals surface area contributed by atoms with Crippen LogP contribution in [0.2, 0.25) is 0 Å². The molecule has 2 atom stereocenters. The van der Waals surface area contributed by atoms with Crippen LogP contribution in [0.4, 0.5) is 0 Å². The minimum Gasteiger partial charge on any atom is -0.314 e. The molecular weight excluding hydrogens is 252 g/mol. The predicted molar refractivity (Wildman–Crippen MR) is 84.9 cm³/mol. The van der Waals surface area contributed by atoms with Gasteiger partial charge in [0.15, 0.2) is 0 Å². The summed E-state index contributed by atoms with van der Waals surface area (Å²) in [6.07, 6.45) is 13.9. The van der Waals surface area contributed by atoms with Crippen LogP contribution in [0.3, 0.4) is 0 Å². The molecule has 3 rings (SSSR count). The second-order valence-corrected chi connectivity index (χ2v) is 8.15. The molecule has 3 fully saturated rings. The maximum Gasteiger partial charge on any atom is 0.0284 e. The first-order chi connectivity index (χ1) is 9.26. The first kappa shape index (κ1) is 14.2. The molecule has 1 N–H and O–H groups in total. The summed E-state index contributed by atoms with van der Waals surface area (Å²) < 4.78 is 0.603. The summed E-state index contributed by atoms with van der Waals surface area (Å²) in [6, 6.07) is 2.56. The van der Waals surface area contributed by atoms with Crippen molar-refractivity contribution in [2.75, 3.05) is 19.3 Å². The molecule has 0 radical (unpaired) electrons. The van der Waals surface area contributed by atoms with Gasteiger partial charge in [0.2, 0.25) is 0 Å². The summed E-state index contributed by atoms with van der Waals surface area (Å²) in [6.45, 7) is 4.76. The van der Waals surface area contributed by atoms with Crippen LogP contribution >= 0.6 is 11.8 Å². The molecule has 2 bridgehead atoms. The van der Waals surface area contributed by atoms with Gasteiger partial charge < -0.3 is 5.32 Å². The fraction of sp³-hybridized carbons (Fsp3) is 1.00. The first-order valence-electron chi connectivity index (χ1n) is 8.30. The van der Waals surface area contributed by atoms with Gasteiger partial charge in [-0.3, -0.25) is 4.90 Å². The first-order valence-corrected chi connectivity index (χ1v) is 9.53. The number of piperidine rings is 1. The Morgan fingerprint density at radius 1 is 1.16 bits per heavy atom. The van der Waals surface area contributed by atoms with Gasteiger partial charge in [-0.2, -0.15) is 11.8 Å². The maximum atomic E-state index is 3.69. The normalized spacial score (nSPS) is 37.9. The van der Waals surface area contributed by atoms with E-state index in [1.807, 2.05) is 0 Å². The molecule has 0 spiro atoms. The van der Waals surface area contributed by atoms with E-state index < -0.39 is 0 Å². The largest absolute Gasteiger partial charge is 0.314 e. The molecular formula is C16H30N2S. The molecule has 2 nitrogen and oxygen atoms in total. The number of hydrogen-bond acceptors (Lipinski definition) is 3. The van der Waals surface area contributed by atoms with Crippen molar-refractivity contribution in [3.63, 3.8) is 0 Å². The van der Waals surface area contributed by atoms with Crippen LogP contribution in [0.5, 0.6) is 0 Å². The van der Waals surface area contributed by atoms with E-state index in [4.69, 9.17) is 0 Å². The van der Waals surface area contributed by atoms with Crippen LogP contribution in [0.25, 0.3) is 0 Å². The van der Waals surface area contributed by atoms with E-state index in [1.165, 1.54) is 57.9 Å². The van der Waals surface area contributed by atoms with Crippen molar-refractivity contribution in [2.24, 2.45) is 0 Å². The Hall–Kier alpha value is 0.270. The summed E-state index contributed by atoms with van der Waals surface area (Å²) in [5.41, 5.74) is 0. The molecule has 2 aliphatic heterocycles. The van der Waals surface area contributed by atoms with Gasteiger partial charge in [-0.25, -0.2) is 0 Å². The van der Waals surface area contributed by atoms with Crippen molar-refractivity contribution >= 4 is 11.8 Å². The Kier molecular flexibility index (Phi) is 4.45. The van der Waals surface area contributed by atoms with E-state index in [0.29, 0.717) is 4.75 Å². The monoisotopic (exact) mass is 282 g/mol. The second kappa shape index (κ2) is 5.95. The third-order valence-corrected chi connectivity index (χ3v) is 7.20. The summed E-state index contributed by atoms with van der Waals surface area (Å²) in [5, 5.41) is 3.69. The number of hydrogen-bond donors (Lipinski definition) is 1. The number of rotatable bonds is 5. The van der Waals surface area contributed by atoms with Crippen LogP contribution in [0.1, 0.15) is 58.3 Å². The topological polar surface area (TPSA) is 15.3 Å². The van der Waals surface area contributed by atoms with Gasteiger partial charge in [0.1, 0.15) is 0 Å². The van der Waals surface area contributed by atoms with Gasteiger partial charge in [0.05, 0.1) is 0 Å². The van der Waals surface area contributed by atoms with Crippen molar-refractivity contribution in [3.05, 3.63) is 0 Å². The van der Waals surface area contributed by atoms with Gasteiger partial charge in [-0.05, 0) is 51.3 Å². The van der Waals surface area contributed by atoms with Crippen molar-refractivity contribution in [1.29, 1.82) is 0 Å². The molecule has 3 aliphatic rings. The zero-order valence-electron chi connectivity index (χ0n) is 12.7. The third kappa shape index (κ3) is 2.84. The van der Waals surface area contributed by atoms with E-state index in [-0.39, 0.29) is 0 Å². The van der Waals surface area contributed by atoms with E-state index in [2.05, 4.69) is 35.2 Å². The lowest BCUT2D eigenvalue weighted by Crippen LogP contribution is -2.52. The summed E-state index contributed by atoms with van der Waals surface area (Å²) in [5.74, 6) is 0. The van der Waals surface area contributed by atoms with Gasteiger partial charge in [0, 0.05) is 29.4 Å². The lowest BCUT2D eigenvalue weighted by atomic mass is 9.95. The van der Waals surface area contributed by atoms with Crippen molar-refractivity contribution in [1.82, 2.24) is 10.2 Å². The fourth-order valence-corrected chi connectivity index (χ4v) is 5.74. The van der Waals surface area contributed by atoms with Gasteiger partial charge in [0.25, 0.3) is 0 Å². The summed E-state index contributed by atoms with van der Waals surface area (Å²) in [7, 11) is 0. The quantitative estimate of drug-likeness (QED) is 0.833. The maximum absolute atomic E-state index is 3.69.